The van der Waals surface area contributed by atoms with Crippen LogP contribution in [0.15, 0.2) is 35.4 Å². The second-order valence-corrected chi connectivity index (χ2v) is 3.29. The van der Waals surface area contributed by atoms with Gasteiger partial charge in [0.2, 0.25) is 5.82 Å². The van der Waals surface area contributed by atoms with Crippen LogP contribution in [0.5, 0.6) is 5.75 Å². The summed E-state index contributed by atoms with van der Waals surface area (Å²) in [5, 5.41) is 13.1. The van der Waals surface area contributed by atoms with Gasteiger partial charge in [0, 0.05) is 18.6 Å². The summed E-state index contributed by atoms with van der Waals surface area (Å²) in [4.78, 5) is 14.8. The summed E-state index contributed by atoms with van der Waals surface area (Å²) in [5.74, 6) is 1.20. The molecule has 0 saturated heterocycles. The standard InChI is InChI=1S/C10H7N5O2/c16-7-3-6(4-11-5-7)10-14-9(15-17-10)8-12-1-2-13-8/h1-5,16H,(H,12,13). The fourth-order valence-electron chi connectivity index (χ4n) is 1.37. The summed E-state index contributed by atoms with van der Waals surface area (Å²) in [6.07, 6.45) is 6.12. The third-order valence-electron chi connectivity index (χ3n) is 2.11. The molecule has 2 N–H and O–H groups in total. The third-order valence-corrected chi connectivity index (χ3v) is 2.11. The van der Waals surface area contributed by atoms with Crippen LogP contribution in [0.4, 0.5) is 0 Å². The van der Waals surface area contributed by atoms with E-state index in [-0.39, 0.29) is 11.6 Å². The molecule has 17 heavy (non-hydrogen) atoms. The fourth-order valence-corrected chi connectivity index (χ4v) is 1.37. The molecule has 0 aromatic carbocycles. The Balaban J connectivity index is 2.01. The van der Waals surface area contributed by atoms with E-state index in [4.69, 9.17) is 4.52 Å². The molecule has 7 heteroatoms. The van der Waals surface area contributed by atoms with E-state index in [9.17, 15) is 5.11 Å². The number of aromatic amines is 1. The maximum atomic E-state index is 9.29. The van der Waals surface area contributed by atoms with Crippen LogP contribution in [0.2, 0.25) is 0 Å². The molecule has 0 fully saturated rings. The molecule has 3 aromatic heterocycles. The van der Waals surface area contributed by atoms with Gasteiger partial charge in [0.05, 0.1) is 11.8 Å². The van der Waals surface area contributed by atoms with Crippen LogP contribution in [-0.2, 0) is 0 Å². The number of nitrogens with zero attached hydrogens (tertiary/aromatic N) is 4. The molecule has 3 aromatic rings. The lowest BCUT2D eigenvalue weighted by atomic mass is 10.3. The second kappa shape index (κ2) is 3.71. The highest BCUT2D eigenvalue weighted by atomic mass is 16.5. The fraction of sp³-hybridized carbons (Fsp3) is 0. The van der Waals surface area contributed by atoms with Crippen LogP contribution >= 0.6 is 0 Å². The number of aromatic hydroxyl groups is 1. The van der Waals surface area contributed by atoms with E-state index in [0.29, 0.717) is 17.2 Å². The number of H-pyrrole nitrogens is 1. The van der Waals surface area contributed by atoms with Crippen molar-refractivity contribution in [2.75, 3.05) is 0 Å². The van der Waals surface area contributed by atoms with E-state index in [1.54, 1.807) is 12.4 Å². The van der Waals surface area contributed by atoms with Crippen LogP contribution in [0.25, 0.3) is 23.1 Å². The largest absolute Gasteiger partial charge is 0.506 e. The Bertz CT molecular complexity index is 632. The zero-order chi connectivity index (χ0) is 11.7. The molecule has 0 aliphatic carbocycles. The Kier molecular flexibility index (Phi) is 2.08. The molecule has 0 unspecified atom stereocenters. The second-order valence-electron chi connectivity index (χ2n) is 3.29. The summed E-state index contributed by atoms with van der Waals surface area (Å²) in [7, 11) is 0. The maximum Gasteiger partial charge on any atom is 0.260 e. The van der Waals surface area contributed by atoms with Crippen molar-refractivity contribution in [2.24, 2.45) is 0 Å². The molecule has 0 bridgehead atoms. The number of rotatable bonds is 2. The molecule has 0 amide bonds. The average Bonchev–Trinajstić information content (AvgIpc) is 3.00. The predicted octanol–water partition coefficient (Wildman–Crippen LogP) is 1.23. The number of pyridine rings is 1. The highest BCUT2D eigenvalue weighted by Gasteiger charge is 2.12. The van der Waals surface area contributed by atoms with E-state index in [1.165, 1.54) is 18.5 Å². The van der Waals surface area contributed by atoms with Gasteiger partial charge in [-0.15, -0.1) is 0 Å². The maximum absolute atomic E-state index is 9.29. The first kappa shape index (κ1) is 9.52. The number of aromatic nitrogens is 5. The van der Waals surface area contributed by atoms with E-state index >= 15 is 0 Å². The Hall–Kier alpha value is -2.70. The summed E-state index contributed by atoms with van der Waals surface area (Å²) >= 11 is 0. The van der Waals surface area contributed by atoms with Gasteiger partial charge in [-0.2, -0.15) is 4.98 Å². The van der Waals surface area contributed by atoms with Crippen molar-refractivity contribution in [3.8, 4) is 28.9 Å². The molecule has 3 rings (SSSR count). The Morgan fingerprint density at radius 2 is 2.24 bits per heavy atom. The van der Waals surface area contributed by atoms with Crippen LogP contribution in [0, 0.1) is 0 Å². The molecule has 7 nitrogen and oxygen atoms in total. The Morgan fingerprint density at radius 1 is 1.29 bits per heavy atom. The van der Waals surface area contributed by atoms with Gasteiger partial charge in [-0.1, -0.05) is 5.16 Å². The Morgan fingerprint density at radius 3 is 3.00 bits per heavy atom. The first-order valence-electron chi connectivity index (χ1n) is 4.81. The highest BCUT2D eigenvalue weighted by molar-refractivity contribution is 5.56. The first-order chi connectivity index (χ1) is 8.33. The van der Waals surface area contributed by atoms with Crippen LogP contribution in [-0.4, -0.2) is 30.2 Å². The molecule has 0 aliphatic rings. The SMILES string of the molecule is Oc1cncc(-c2nc(-c3ncc[nH]3)no2)c1. The van der Waals surface area contributed by atoms with E-state index in [1.807, 2.05) is 0 Å². The van der Waals surface area contributed by atoms with Crippen molar-refractivity contribution in [1.29, 1.82) is 0 Å². The average molecular weight is 229 g/mol. The van der Waals surface area contributed by atoms with Crippen molar-refractivity contribution >= 4 is 0 Å². The van der Waals surface area contributed by atoms with Crippen molar-refractivity contribution < 1.29 is 9.63 Å². The molecule has 0 saturated carbocycles. The summed E-state index contributed by atoms with van der Waals surface area (Å²) < 4.78 is 5.06. The zero-order valence-corrected chi connectivity index (χ0v) is 8.53. The molecule has 0 aliphatic heterocycles. The number of nitrogens with one attached hydrogen (secondary N) is 1. The molecule has 3 heterocycles. The number of hydrogen-bond donors (Lipinski definition) is 2. The highest BCUT2D eigenvalue weighted by Crippen LogP contribution is 2.21. The summed E-state index contributed by atoms with van der Waals surface area (Å²) in [6.45, 7) is 0. The molecular weight excluding hydrogens is 222 g/mol. The topological polar surface area (TPSA) is 101 Å². The van der Waals surface area contributed by atoms with Crippen LogP contribution < -0.4 is 0 Å². The van der Waals surface area contributed by atoms with Gasteiger partial charge in [0.25, 0.3) is 5.89 Å². The van der Waals surface area contributed by atoms with Gasteiger partial charge >= 0.3 is 0 Å². The summed E-state index contributed by atoms with van der Waals surface area (Å²) in [6, 6.07) is 1.49. The van der Waals surface area contributed by atoms with Crippen molar-refractivity contribution in [1.82, 2.24) is 25.1 Å². The first-order valence-corrected chi connectivity index (χ1v) is 4.81. The van der Waals surface area contributed by atoms with Gasteiger partial charge in [-0.25, -0.2) is 4.98 Å². The lowest BCUT2D eigenvalue weighted by molar-refractivity contribution is 0.430. The van der Waals surface area contributed by atoms with Crippen molar-refractivity contribution in [3.63, 3.8) is 0 Å². The van der Waals surface area contributed by atoms with Gasteiger partial charge in [-0.3, -0.25) is 4.98 Å². The minimum atomic E-state index is 0.0419. The monoisotopic (exact) mass is 229 g/mol. The normalized spacial score (nSPS) is 10.6. The van der Waals surface area contributed by atoms with Gasteiger partial charge in [-0.05, 0) is 6.07 Å². The molecule has 0 atom stereocenters. The van der Waals surface area contributed by atoms with Crippen LogP contribution in [0.3, 0.4) is 0 Å². The van der Waals surface area contributed by atoms with E-state index in [0.717, 1.165) is 0 Å². The molecular formula is C10H7N5O2. The predicted molar refractivity (Wildman–Crippen MR) is 56.8 cm³/mol. The van der Waals surface area contributed by atoms with Gasteiger partial charge in [0.15, 0.2) is 5.82 Å². The zero-order valence-electron chi connectivity index (χ0n) is 8.53. The Labute approximate surface area is 95.2 Å². The van der Waals surface area contributed by atoms with Crippen molar-refractivity contribution in [2.45, 2.75) is 0 Å². The third kappa shape index (κ3) is 1.73. The van der Waals surface area contributed by atoms with E-state index < -0.39 is 0 Å². The number of hydrogen-bond acceptors (Lipinski definition) is 6. The summed E-state index contributed by atoms with van der Waals surface area (Å²) in [5.41, 5.74) is 0.551. The number of imidazole rings is 1. The molecule has 0 radical (unpaired) electrons. The molecule has 84 valence electrons. The van der Waals surface area contributed by atoms with Crippen molar-refractivity contribution in [3.05, 3.63) is 30.9 Å². The quantitative estimate of drug-likeness (QED) is 0.685. The minimum absolute atomic E-state index is 0.0419. The smallest absolute Gasteiger partial charge is 0.260 e. The minimum Gasteiger partial charge on any atom is -0.506 e. The van der Waals surface area contributed by atoms with Gasteiger partial charge < -0.3 is 14.6 Å². The lowest BCUT2D eigenvalue weighted by Gasteiger charge is -1.93. The molecule has 0 spiro atoms. The van der Waals surface area contributed by atoms with Crippen LogP contribution in [0.1, 0.15) is 0 Å². The van der Waals surface area contributed by atoms with Gasteiger partial charge in [0.1, 0.15) is 5.75 Å². The lowest BCUT2D eigenvalue weighted by Crippen LogP contribution is -1.83. The van der Waals surface area contributed by atoms with E-state index in [2.05, 4.69) is 25.1 Å².